The highest BCUT2D eigenvalue weighted by molar-refractivity contribution is 5.87. The standard InChI is InChI=1S/C19H24O2.2C18H22O2.C17H20O2.C16H22O2.2C15H20O2.C14H18O2/c1-5-17(21-18(20)19(3,4)6-2)16-12-11-14-9-7-8-10-15(14)13-16;1-5-18(3,4)17(19)20-13(2)15-11-10-14-8-6-7-9-16(14)12-15;1-4-13(3)18(19)20-17(5-2)16-11-10-14-8-6-7-9-15(14)12-16;1-4-12(2)17(18)19-13(3)15-10-9-14-7-5-6-8-16(14)11-15;1-4-16(2,3)15(17)18-14-11-7-9-12-8-5-6-10-13(12)14;1-4-15(2,3)14(16)17-13-10-9-11-7-5-6-8-12(11)13;1-3-11(2)15(16)17-14-10-6-8-12-7-4-5-9-13(12)14;1-3-10(2)14(15)16-13-9-8-11-6-4-5-7-12(11)13/h7-13,17H,5-6H2,1-4H3;6-13H,5H2,1-4H3;6-13,17H,4-5H2,1-3H3;5-13H,4H2,1-3H3;5-6,8,10,14H,4,7,9,11H2,1-3H3;5-8,13H,4,9-10H2,1-3H3;4-5,7,9,11,14H,3,6,8,10H2,1-2H3;4-7,10,13H,3,8-9H2,1-2H3. The first-order valence-electron chi connectivity index (χ1n) is 54.6. The van der Waals surface area contributed by atoms with Crippen molar-refractivity contribution in [1.29, 1.82) is 0 Å². The number of esters is 8. The molecule has 4 aliphatic carbocycles. The van der Waals surface area contributed by atoms with Crippen molar-refractivity contribution in [2.45, 2.75) is 343 Å². The average Bonchev–Trinajstić information content (AvgIpc) is 1.74. The van der Waals surface area contributed by atoms with Crippen LogP contribution in [-0.2, 0) is 102 Å². The van der Waals surface area contributed by atoms with Crippen molar-refractivity contribution in [2.75, 3.05) is 0 Å². The third-order valence-electron chi connectivity index (χ3n) is 30.2. The predicted molar refractivity (Wildman–Crippen MR) is 601 cm³/mol. The number of aryl methyl sites for hydroxylation is 4. The smallest absolute Gasteiger partial charge is 0.312 e. The summed E-state index contributed by atoms with van der Waals surface area (Å²) in [6, 6.07) is 90.8. The second kappa shape index (κ2) is 57.8. The van der Waals surface area contributed by atoms with Crippen LogP contribution in [0.3, 0.4) is 0 Å². The molecule has 0 aromatic heterocycles. The fourth-order valence-electron chi connectivity index (χ4n) is 17.1. The Morgan fingerprint density at radius 3 is 0.811 bits per heavy atom. The minimum Gasteiger partial charge on any atom is -0.458 e. The third-order valence-corrected chi connectivity index (χ3v) is 30.2. The summed E-state index contributed by atoms with van der Waals surface area (Å²) in [4.78, 5) is 95.9. The third kappa shape index (κ3) is 34.2. The second-order valence-electron chi connectivity index (χ2n) is 42.7. The molecule has 0 spiro atoms. The zero-order chi connectivity index (χ0) is 108. The number of hydrogen-bond acceptors (Lipinski definition) is 16. The van der Waals surface area contributed by atoms with Crippen molar-refractivity contribution < 1.29 is 76.3 Å². The van der Waals surface area contributed by atoms with Gasteiger partial charge in [0.05, 0.1) is 45.3 Å². The lowest BCUT2D eigenvalue weighted by molar-refractivity contribution is -0.161. The Morgan fingerprint density at radius 1 is 0.243 bits per heavy atom. The van der Waals surface area contributed by atoms with Crippen LogP contribution in [0.25, 0.3) is 43.1 Å². The highest BCUT2D eigenvalue weighted by Gasteiger charge is 2.37. The molecule has 0 radical (unpaired) electrons. The van der Waals surface area contributed by atoms with Crippen molar-refractivity contribution in [3.8, 4) is 0 Å². The van der Waals surface area contributed by atoms with E-state index in [2.05, 4.69) is 170 Å². The van der Waals surface area contributed by atoms with Gasteiger partial charge in [0.1, 0.15) is 48.8 Å². The molecule has 12 unspecified atom stereocenters. The van der Waals surface area contributed by atoms with Crippen molar-refractivity contribution in [1.82, 2.24) is 0 Å². The summed E-state index contributed by atoms with van der Waals surface area (Å²) in [6.07, 6.45) is 17.4. The van der Waals surface area contributed by atoms with E-state index in [1.54, 1.807) is 0 Å². The molecule has 12 aromatic rings. The number of rotatable bonds is 30. The minimum atomic E-state index is -0.426. The average molecular weight is 2010 g/mol. The van der Waals surface area contributed by atoms with Gasteiger partial charge in [-0.1, -0.05) is 340 Å². The maximum Gasteiger partial charge on any atom is 0.312 e. The summed E-state index contributed by atoms with van der Waals surface area (Å²) in [6.45, 7) is 47.2. The van der Waals surface area contributed by atoms with Crippen LogP contribution < -0.4 is 0 Å². The molecule has 148 heavy (non-hydrogen) atoms. The molecule has 16 rings (SSSR count). The molecule has 0 saturated heterocycles. The second-order valence-corrected chi connectivity index (χ2v) is 42.7. The molecule has 0 heterocycles. The molecular weight excluding hydrogens is 1840 g/mol. The largest absolute Gasteiger partial charge is 0.458 e. The Kier molecular flexibility index (Phi) is 46.5. The van der Waals surface area contributed by atoms with Crippen LogP contribution in [0.2, 0.25) is 0 Å². The molecule has 0 bridgehead atoms. The van der Waals surface area contributed by atoms with Crippen LogP contribution in [0.1, 0.15) is 384 Å². The van der Waals surface area contributed by atoms with Crippen LogP contribution in [0.4, 0.5) is 0 Å². The number of hydrogen-bond donors (Lipinski definition) is 0. The Bertz CT molecular complexity index is 6290. The molecule has 16 heteroatoms. The highest BCUT2D eigenvalue weighted by Crippen LogP contribution is 2.42. The molecule has 0 saturated carbocycles. The maximum atomic E-state index is 12.3. The maximum absolute atomic E-state index is 12.3. The normalized spacial score (nSPS) is 16.4. The lowest BCUT2D eigenvalue weighted by Gasteiger charge is -2.29. The van der Waals surface area contributed by atoms with Crippen molar-refractivity contribution >= 4 is 90.8 Å². The van der Waals surface area contributed by atoms with Crippen LogP contribution in [0, 0.1) is 45.3 Å². The van der Waals surface area contributed by atoms with Gasteiger partial charge in [0.2, 0.25) is 0 Å². The van der Waals surface area contributed by atoms with Crippen molar-refractivity contribution in [3.05, 3.63) is 334 Å². The first-order chi connectivity index (χ1) is 70.7. The van der Waals surface area contributed by atoms with Gasteiger partial charge < -0.3 is 37.9 Å². The predicted octanol–water partition coefficient (Wildman–Crippen LogP) is 34.1. The first-order valence-corrected chi connectivity index (χ1v) is 54.6. The van der Waals surface area contributed by atoms with Gasteiger partial charge in [-0.2, -0.15) is 0 Å². The molecule has 16 nitrogen and oxygen atoms in total. The molecule has 0 N–H and O–H groups in total. The Hall–Kier alpha value is -12.6. The van der Waals surface area contributed by atoms with E-state index in [0.717, 1.165) is 151 Å². The Morgan fingerprint density at radius 2 is 0.486 bits per heavy atom. The van der Waals surface area contributed by atoms with Gasteiger partial charge in [0.25, 0.3) is 0 Å². The van der Waals surface area contributed by atoms with Crippen molar-refractivity contribution in [3.63, 3.8) is 0 Å². The molecule has 0 aliphatic heterocycles. The lowest BCUT2D eigenvalue weighted by Crippen LogP contribution is -2.28. The van der Waals surface area contributed by atoms with Crippen LogP contribution in [0.15, 0.2) is 267 Å². The van der Waals surface area contributed by atoms with Gasteiger partial charge in [-0.15, -0.1) is 0 Å². The van der Waals surface area contributed by atoms with Crippen LogP contribution >= 0.6 is 0 Å². The molecule has 12 aromatic carbocycles. The Labute approximate surface area is 884 Å². The molecule has 0 amide bonds. The lowest BCUT2D eigenvalue weighted by atomic mass is 9.88. The van der Waals surface area contributed by atoms with E-state index in [9.17, 15) is 38.4 Å². The van der Waals surface area contributed by atoms with E-state index in [1.165, 1.54) is 87.6 Å². The zero-order valence-corrected chi connectivity index (χ0v) is 93.0. The SMILES string of the molecule is CCC(C)(C)C(=O)OC(C)c1ccc2ccccc2c1.CCC(C)(C)C(=O)OC1CCCc2ccccc21.CCC(C)(C)C(=O)OC1CCc2ccccc21.CCC(C)C(=O)OC(C)c1ccc2ccccc2c1.CCC(C)C(=O)OC(CC)c1ccc2ccccc2c1.CCC(C)C(=O)OC1CCCc2ccccc21.CCC(C)C(=O)OC1CCc2ccccc21.CCC(OC(=O)C(C)(C)CC)c1ccc2ccccc2c1. The molecule has 4 aliphatic rings. The van der Waals surface area contributed by atoms with E-state index < -0.39 is 10.8 Å². The van der Waals surface area contributed by atoms with E-state index in [4.69, 9.17) is 37.9 Å². The number of fused-ring (bicyclic) bond motifs is 8. The topological polar surface area (TPSA) is 210 Å². The summed E-state index contributed by atoms with van der Waals surface area (Å²) >= 11 is 0. The minimum absolute atomic E-state index is 0.00379. The summed E-state index contributed by atoms with van der Waals surface area (Å²) < 4.78 is 45.1. The molecule has 0 fully saturated rings. The van der Waals surface area contributed by atoms with E-state index in [0.29, 0.717) is 0 Å². The Balaban J connectivity index is 0.000000188. The monoisotopic (exact) mass is 2010 g/mol. The quantitative estimate of drug-likeness (QED) is 0.0303. The first kappa shape index (κ1) is 119. The highest BCUT2D eigenvalue weighted by atomic mass is 16.6. The summed E-state index contributed by atoms with van der Waals surface area (Å²) in [5, 5.41) is 9.52. The van der Waals surface area contributed by atoms with Crippen molar-refractivity contribution in [2.24, 2.45) is 45.3 Å². The molecular formula is C132H168O16. The fraction of sp³-hybridized carbons (Fsp3) is 0.455. The summed E-state index contributed by atoms with van der Waals surface area (Å²) in [5.41, 5.74) is 12.7. The number of carbonyl (C=O) groups is 8. The number of benzene rings is 12. The van der Waals surface area contributed by atoms with Crippen LogP contribution in [-0.4, -0.2) is 47.8 Å². The van der Waals surface area contributed by atoms with E-state index in [1.807, 2.05) is 263 Å². The number of ether oxygens (including phenoxy) is 8. The van der Waals surface area contributed by atoms with E-state index >= 15 is 0 Å². The molecule has 12 atom stereocenters. The van der Waals surface area contributed by atoms with Crippen LogP contribution in [0.5, 0.6) is 0 Å². The van der Waals surface area contributed by atoms with Gasteiger partial charge in [-0.25, -0.2) is 0 Å². The van der Waals surface area contributed by atoms with Gasteiger partial charge in [-0.3, -0.25) is 38.4 Å². The fourth-order valence-corrected chi connectivity index (χ4v) is 17.1. The zero-order valence-electron chi connectivity index (χ0n) is 93.0. The number of carbonyl (C=O) groups excluding carboxylic acids is 8. The molecule has 792 valence electrons. The summed E-state index contributed by atoms with van der Waals surface area (Å²) in [7, 11) is 0. The van der Waals surface area contributed by atoms with E-state index in [-0.39, 0.29) is 131 Å². The summed E-state index contributed by atoms with van der Waals surface area (Å²) in [5.74, 6) is -0.836. The van der Waals surface area contributed by atoms with Gasteiger partial charge in [0.15, 0.2) is 0 Å². The van der Waals surface area contributed by atoms with Gasteiger partial charge in [0, 0.05) is 0 Å². The van der Waals surface area contributed by atoms with Gasteiger partial charge in [-0.05, 0) is 332 Å². The van der Waals surface area contributed by atoms with Gasteiger partial charge >= 0.3 is 47.8 Å².